The van der Waals surface area contributed by atoms with E-state index in [1.807, 2.05) is 40.7 Å². The first-order valence-electron chi connectivity index (χ1n) is 12.4. The summed E-state index contributed by atoms with van der Waals surface area (Å²) in [6.07, 6.45) is 3.99. The van der Waals surface area contributed by atoms with Gasteiger partial charge < -0.3 is 4.90 Å². The molecule has 0 N–H and O–H groups in total. The molecule has 1 heteroatoms. The first-order chi connectivity index (χ1) is 16.3. The van der Waals surface area contributed by atoms with Crippen LogP contribution in [-0.4, -0.2) is 0 Å². The molecule has 0 spiro atoms. The third-order valence-corrected chi connectivity index (χ3v) is 5.95. The van der Waals surface area contributed by atoms with Crippen molar-refractivity contribution < 1.29 is 0 Å². The lowest BCUT2D eigenvalue weighted by Crippen LogP contribution is -2.18. The fourth-order valence-electron chi connectivity index (χ4n) is 4.51. The summed E-state index contributed by atoms with van der Waals surface area (Å²) in [5.41, 5.74) is 10.9. The molecule has 3 aromatic carbocycles. The van der Waals surface area contributed by atoms with Gasteiger partial charge in [-0.25, -0.2) is 0 Å². The van der Waals surface area contributed by atoms with Crippen LogP contribution in [0.4, 0.5) is 11.4 Å². The lowest BCUT2D eigenvalue weighted by Gasteiger charge is -2.29. The van der Waals surface area contributed by atoms with Crippen molar-refractivity contribution in [1.82, 2.24) is 0 Å². The molecular weight excluding hydrogens is 410 g/mol. The van der Waals surface area contributed by atoms with Crippen molar-refractivity contribution in [3.05, 3.63) is 120 Å². The Morgan fingerprint density at radius 2 is 1.41 bits per heavy atom. The Kier molecular flexibility index (Phi) is 9.27. The van der Waals surface area contributed by atoms with E-state index in [-0.39, 0.29) is 5.41 Å². The summed E-state index contributed by atoms with van der Waals surface area (Å²) in [5.74, 6) is 0. The number of hydrogen-bond donors (Lipinski definition) is 0. The zero-order valence-electron chi connectivity index (χ0n) is 22.4. The minimum atomic E-state index is -0.0351. The van der Waals surface area contributed by atoms with Crippen LogP contribution < -0.4 is 4.90 Å². The molecule has 1 aliphatic carbocycles. The van der Waals surface area contributed by atoms with Crippen molar-refractivity contribution in [1.29, 1.82) is 0 Å². The molecule has 3 aromatic rings. The van der Waals surface area contributed by atoms with Gasteiger partial charge in [-0.3, -0.25) is 0 Å². The zero-order chi connectivity index (χ0) is 25.5. The molecule has 1 nitrogen and oxygen atoms in total. The quantitative estimate of drug-likeness (QED) is 0.349. The normalized spacial score (nSPS) is 12.8. The Balaban J connectivity index is 0.000000970. The van der Waals surface area contributed by atoms with Gasteiger partial charge in [-0.2, -0.15) is 0 Å². The Morgan fingerprint density at radius 3 is 2.03 bits per heavy atom. The van der Waals surface area contributed by atoms with E-state index < -0.39 is 0 Å². The third kappa shape index (κ3) is 5.25. The smallest absolute Gasteiger partial charge is 0.0465 e. The number of rotatable bonds is 5. The van der Waals surface area contributed by atoms with Gasteiger partial charge in [-0.15, -0.1) is 0 Å². The van der Waals surface area contributed by atoms with Gasteiger partial charge >= 0.3 is 0 Å². The molecule has 0 radical (unpaired) electrons. The van der Waals surface area contributed by atoms with Crippen LogP contribution in [0.2, 0.25) is 0 Å². The molecule has 34 heavy (non-hydrogen) atoms. The number of hydrogen-bond acceptors (Lipinski definition) is 1. The molecule has 0 heterocycles. The molecule has 0 amide bonds. The monoisotopic (exact) mass is 451 g/mol. The molecule has 0 saturated heterocycles. The molecule has 0 fully saturated rings. The van der Waals surface area contributed by atoms with E-state index >= 15 is 0 Å². The van der Waals surface area contributed by atoms with Gasteiger partial charge in [-0.1, -0.05) is 103 Å². The minimum Gasteiger partial charge on any atom is -0.310 e. The van der Waals surface area contributed by atoms with Crippen LogP contribution >= 0.6 is 0 Å². The van der Waals surface area contributed by atoms with Gasteiger partial charge in [0, 0.05) is 22.5 Å². The van der Waals surface area contributed by atoms with E-state index in [9.17, 15) is 0 Å². The highest BCUT2D eigenvalue weighted by Gasteiger charge is 2.35. The van der Waals surface area contributed by atoms with E-state index in [4.69, 9.17) is 0 Å². The minimum absolute atomic E-state index is 0.0351. The second-order valence-corrected chi connectivity index (χ2v) is 8.69. The average Bonchev–Trinajstić information content (AvgIpc) is 3.08. The molecular formula is C33H41N. The highest BCUT2D eigenvalue weighted by molar-refractivity contribution is 5.84. The molecule has 0 atom stereocenters. The highest BCUT2D eigenvalue weighted by atomic mass is 15.1. The van der Waals surface area contributed by atoms with Crippen molar-refractivity contribution >= 4 is 11.4 Å². The van der Waals surface area contributed by atoms with Crippen LogP contribution in [-0.2, 0) is 5.41 Å². The summed E-state index contributed by atoms with van der Waals surface area (Å²) in [6.45, 7) is 24.9. The number of aryl methyl sites for hydroxylation is 1. The summed E-state index contributed by atoms with van der Waals surface area (Å²) in [7, 11) is 0. The topological polar surface area (TPSA) is 3.24 Å². The number of nitrogens with zero attached hydrogens (tertiary/aromatic N) is 1. The predicted octanol–water partition coefficient (Wildman–Crippen LogP) is 10.1. The van der Waals surface area contributed by atoms with Crippen molar-refractivity contribution in [2.45, 2.75) is 60.8 Å². The van der Waals surface area contributed by atoms with Crippen LogP contribution in [0.15, 0.2) is 103 Å². The van der Waals surface area contributed by atoms with Crippen LogP contribution in [0.3, 0.4) is 0 Å². The first-order valence-corrected chi connectivity index (χ1v) is 12.4. The largest absolute Gasteiger partial charge is 0.310 e. The lowest BCUT2D eigenvalue weighted by atomic mass is 9.82. The summed E-state index contributed by atoms with van der Waals surface area (Å²) in [6, 6.07) is 24.2. The molecule has 1 aliphatic rings. The molecule has 178 valence electrons. The molecule has 0 unspecified atom stereocenters. The van der Waals surface area contributed by atoms with Crippen LogP contribution in [0.1, 0.15) is 65.2 Å². The van der Waals surface area contributed by atoms with Gasteiger partial charge in [0.05, 0.1) is 0 Å². The van der Waals surface area contributed by atoms with Crippen molar-refractivity contribution in [3.8, 4) is 11.1 Å². The summed E-state index contributed by atoms with van der Waals surface area (Å²) >= 11 is 0. The van der Waals surface area contributed by atoms with Gasteiger partial charge in [-0.05, 0) is 78.1 Å². The fraction of sp³-hybridized carbons (Fsp3) is 0.273. The Morgan fingerprint density at radius 1 is 0.794 bits per heavy atom. The summed E-state index contributed by atoms with van der Waals surface area (Å²) < 4.78 is 0. The maximum Gasteiger partial charge on any atom is 0.0465 e. The molecule has 4 rings (SSSR count). The average molecular weight is 452 g/mol. The number of benzene rings is 3. The van der Waals surface area contributed by atoms with Gasteiger partial charge in [0.2, 0.25) is 0 Å². The number of allylic oxidation sites excluding steroid dienone is 3. The maximum absolute atomic E-state index is 4.09. The molecule has 0 aromatic heterocycles. The standard InChI is InChI=1S/C29H29N.2C2H6/c1-7-22(17-20(2)3)30(23-12-10-11-21(4)18-23)24-15-16-26-25-13-8-9-14-27(25)29(5,6)28(26)19-24;2*1-2/h7-19H,1-2H2,3-6H3;2*1-2H3/b22-17+;;. The lowest BCUT2D eigenvalue weighted by molar-refractivity contribution is 0.660. The van der Waals surface area contributed by atoms with E-state index in [2.05, 4.69) is 112 Å². The Bertz CT molecular complexity index is 1180. The number of fused-ring (bicyclic) bond motifs is 3. The van der Waals surface area contributed by atoms with Crippen molar-refractivity contribution in [2.75, 3.05) is 4.90 Å². The number of anilines is 2. The van der Waals surface area contributed by atoms with Gasteiger partial charge in [0.25, 0.3) is 0 Å². The molecule has 0 bridgehead atoms. The van der Waals surface area contributed by atoms with E-state index in [1.54, 1.807) is 0 Å². The van der Waals surface area contributed by atoms with E-state index in [0.29, 0.717) is 0 Å². The predicted molar refractivity (Wildman–Crippen MR) is 153 cm³/mol. The Labute approximate surface area is 208 Å². The van der Waals surface area contributed by atoms with E-state index in [0.717, 1.165) is 22.6 Å². The highest BCUT2D eigenvalue weighted by Crippen LogP contribution is 2.50. The maximum atomic E-state index is 4.09. The van der Waals surface area contributed by atoms with Crippen LogP contribution in [0.5, 0.6) is 0 Å². The summed E-state index contributed by atoms with van der Waals surface area (Å²) in [5, 5.41) is 0. The van der Waals surface area contributed by atoms with Crippen LogP contribution in [0, 0.1) is 6.92 Å². The van der Waals surface area contributed by atoms with E-state index in [1.165, 1.54) is 27.8 Å². The third-order valence-electron chi connectivity index (χ3n) is 5.95. The second kappa shape index (κ2) is 11.7. The first kappa shape index (κ1) is 26.9. The molecule has 0 aliphatic heterocycles. The SMILES string of the molecule is C=C/C(=C\C(=C)C)N(c1cccc(C)c1)c1ccc2c(c1)C(C)(C)c1ccccc1-2.CC.CC. The fourth-order valence-corrected chi connectivity index (χ4v) is 4.51. The zero-order valence-corrected chi connectivity index (χ0v) is 22.4. The second-order valence-electron chi connectivity index (χ2n) is 8.69. The van der Waals surface area contributed by atoms with Crippen molar-refractivity contribution in [3.63, 3.8) is 0 Å². The summed E-state index contributed by atoms with van der Waals surface area (Å²) in [4.78, 5) is 2.27. The Hall–Kier alpha value is -3.32. The van der Waals surface area contributed by atoms with Crippen molar-refractivity contribution in [2.24, 2.45) is 0 Å². The molecule has 0 saturated carbocycles. The van der Waals surface area contributed by atoms with Gasteiger partial charge in [0.1, 0.15) is 0 Å². The van der Waals surface area contributed by atoms with Gasteiger partial charge in [0.15, 0.2) is 0 Å². The van der Waals surface area contributed by atoms with Crippen LogP contribution in [0.25, 0.3) is 11.1 Å².